The van der Waals surface area contributed by atoms with Crippen molar-refractivity contribution in [1.82, 2.24) is 14.8 Å². The molecule has 1 fully saturated rings. The second-order valence-electron chi connectivity index (χ2n) is 8.39. The minimum atomic E-state index is -0.388. The van der Waals surface area contributed by atoms with E-state index < -0.39 is 0 Å². The SMILES string of the molecule is CCc1ccccc1NC(=O)CN1CCN(C(=O)CCc2c(C)[nH]c(=O)c(C#N)c2C)CC1. The number of pyridine rings is 1. The number of anilines is 1. The molecular formula is C25H31N5O3. The molecule has 3 rings (SSSR count). The largest absolute Gasteiger partial charge is 0.340 e. The van der Waals surface area contributed by atoms with Crippen molar-refractivity contribution < 1.29 is 9.59 Å². The molecule has 2 amide bonds. The number of hydrogen-bond acceptors (Lipinski definition) is 5. The number of piperazine rings is 1. The molecule has 2 N–H and O–H groups in total. The Bertz CT molecular complexity index is 1120. The number of benzene rings is 1. The van der Waals surface area contributed by atoms with Crippen LogP contribution in [0, 0.1) is 25.2 Å². The van der Waals surface area contributed by atoms with Crippen LogP contribution in [0.1, 0.15) is 41.3 Å². The Labute approximate surface area is 194 Å². The second kappa shape index (κ2) is 10.9. The Hall–Kier alpha value is -3.44. The summed E-state index contributed by atoms with van der Waals surface area (Å²) in [6.45, 7) is 8.33. The van der Waals surface area contributed by atoms with E-state index in [9.17, 15) is 19.6 Å². The van der Waals surface area contributed by atoms with Crippen molar-refractivity contribution in [3.05, 3.63) is 62.6 Å². The Kier molecular flexibility index (Phi) is 8.01. The fourth-order valence-electron chi connectivity index (χ4n) is 4.31. The molecule has 0 radical (unpaired) electrons. The average molecular weight is 450 g/mol. The molecule has 0 saturated carbocycles. The maximum Gasteiger partial charge on any atom is 0.266 e. The lowest BCUT2D eigenvalue weighted by Gasteiger charge is -2.34. The predicted molar refractivity (Wildman–Crippen MR) is 127 cm³/mol. The summed E-state index contributed by atoms with van der Waals surface area (Å²) in [6.07, 6.45) is 1.64. The molecule has 0 spiro atoms. The number of nitrogens with one attached hydrogen (secondary N) is 2. The Balaban J connectivity index is 1.49. The Morgan fingerprint density at radius 2 is 1.85 bits per heavy atom. The van der Waals surface area contributed by atoms with Crippen LogP contribution in [0.5, 0.6) is 0 Å². The van der Waals surface area contributed by atoms with Crippen LogP contribution in [-0.4, -0.2) is 59.3 Å². The van der Waals surface area contributed by atoms with Crippen molar-refractivity contribution in [1.29, 1.82) is 5.26 Å². The molecule has 8 nitrogen and oxygen atoms in total. The molecule has 1 aromatic heterocycles. The van der Waals surface area contributed by atoms with Crippen LogP contribution in [0.4, 0.5) is 5.69 Å². The molecule has 2 aromatic rings. The fraction of sp³-hybridized carbons (Fsp3) is 0.440. The topological polar surface area (TPSA) is 109 Å². The zero-order valence-electron chi connectivity index (χ0n) is 19.5. The van der Waals surface area contributed by atoms with Gasteiger partial charge in [-0.25, -0.2) is 0 Å². The lowest BCUT2D eigenvalue weighted by atomic mass is 9.99. The molecule has 0 atom stereocenters. The zero-order valence-corrected chi connectivity index (χ0v) is 19.5. The molecular weight excluding hydrogens is 418 g/mol. The molecule has 2 heterocycles. The van der Waals surface area contributed by atoms with Gasteiger partial charge in [-0.2, -0.15) is 5.26 Å². The highest BCUT2D eigenvalue weighted by Crippen LogP contribution is 2.17. The number of aromatic nitrogens is 1. The quantitative estimate of drug-likeness (QED) is 0.673. The molecule has 8 heteroatoms. The van der Waals surface area contributed by atoms with Gasteiger partial charge < -0.3 is 15.2 Å². The standard InChI is InChI=1S/C25H31N5O3/c1-4-19-7-5-6-8-22(19)28-23(31)16-29-11-13-30(14-12-29)24(32)10-9-20-17(2)21(15-26)25(33)27-18(20)3/h5-8H,4,9-14,16H2,1-3H3,(H,27,33)(H,28,31). The minimum Gasteiger partial charge on any atom is -0.340 e. The van der Waals surface area contributed by atoms with E-state index in [4.69, 9.17) is 0 Å². The minimum absolute atomic E-state index is 0.0412. The van der Waals surface area contributed by atoms with Gasteiger partial charge in [0.25, 0.3) is 5.56 Å². The first-order valence-corrected chi connectivity index (χ1v) is 11.3. The van der Waals surface area contributed by atoms with E-state index in [1.165, 1.54) is 0 Å². The van der Waals surface area contributed by atoms with Gasteiger partial charge in [0.15, 0.2) is 0 Å². The zero-order chi connectivity index (χ0) is 24.0. The summed E-state index contributed by atoms with van der Waals surface area (Å²) in [7, 11) is 0. The summed E-state index contributed by atoms with van der Waals surface area (Å²) in [5.74, 6) is -0.00697. The molecule has 0 unspecified atom stereocenters. The molecule has 0 bridgehead atoms. The number of nitriles is 1. The van der Waals surface area contributed by atoms with Crippen LogP contribution in [0.2, 0.25) is 0 Å². The molecule has 1 aromatic carbocycles. The van der Waals surface area contributed by atoms with Crippen molar-refractivity contribution in [2.24, 2.45) is 0 Å². The third-order valence-electron chi connectivity index (χ3n) is 6.27. The van der Waals surface area contributed by atoms with Gasteiger partial charge in [-0.05, 0) is 49.4 Å². The van der Waals surface area contributed by atoms with E-state index in [1.807, 2.05) is 35.2 Å². The number of rotatable bonds is 7. The van der Waals surface area contributed by atoms with E-state index >= 15 is 0 Å². The highest BCUT2D eigenvalue weighted by molar-refractivity contribution is 5.93. The number of H-pyrrole nitrogens is 1. The summed E-state index contributed by atoms with van der Waals surface area (Å²) in [5.41, 5.74) is 3.87. The van der Waals surface area contributed by atoms with Crippen LogP contribution >= 0.6 is 0 Å². The van der Waals surface area contributed by atoms with Crippen molar-refractivity contribution in [3.63, 3.8) is 0 Å². The van der Waals surface area contributed by atoms with E-state index in [-0.39, 0.29) is 22.9 Å². The summed E-state index contributed by atoms with van der Waals surface area (Å²) >= 11 is 0. The summed E-state index contributed by atoms with van der Waals surface area (Å²) < 4.78 is 0. The number of carbonyl (C=O) groups excluding carboxylic acids is 2. The van der Waals surface area contributed by atoms with Crippen LogP contribution < -0.4 is 10.9 Å². The number of carbonyl (C=O) groups is 2. The first-order valence-electron chi connectivity index (χ1n) is 11.3. The van der Waals surface area contributed by atoms with Gasteiger partial charge in [0, 0.05) is 44.0 Å². The van der Waals surface area contributed by atoms with E-state index in [0.29, 0.717) is 56.8 Å². The first-order chi connectivity index (χ1) is 15.8. The number of nitrogens with zero attached hydrogens (tertiary/aromatic N) is 3. The van der Waals surface area contributed by atoms with Gasteiger partial charge in [-0.1, -0.05) is 25.1 Å². The maximum absolute atomic E-state index is 12.7. The normalized spacial score (nSPS) is 14.1. The second-order valence-corrected chi connectivity index (χ2v) is 8.39. The highest BCUT2D eigenvalue weighted by atomic mass is 16.2. The predicted octanol–water partition coefficient (Wildman–Crippen LogP) is 2.14. The van der Waals surface area contributed by atoms with Crippen molar-refractivity contribution in [2.75, 3.05) is 38.0 Å². The van der Waals surface area contributed by atoms with E-state index in [0.717, 1.165) is 23.2 Å². The smallest absolute Gasteiger partial charge is 0.266 e. The van der Waals surface area contributed by atoms with Crippen LogP contribution in [0.3, 0.4) is 0 Å². The third kappa shape index (κ3) is 5.88. The number of aryl methyl sites for hydroxylation is 2. The lowest BCUT2D eigenvalue weighted by molar-refractivity contribution is -0.133. The Morgan fingerprint density at radius 1 is 1.15 bits per heavy atom. The van der Waals surface area contributed by atoms with E-state index in [2.05, 4.69) is 22.1 Å². The van der Waals surface area contributed by atoms with Gasteiger partial charge in [0.05, 0.1) is 6.54 Å². The van der Waals surface area contributed by atoms with Gasteiger partial charge in [-0.15, -0.1) is 0 Å². The number of amides is 2. The maximum atomic E-state index is 12.7. The van der Waals surface area contributed by atoms with Gasteiger partial charge in [0.2, 0.25) is 11.8 Å². The van der Waals surface area contributed by atoms with Crippen LogP contribution in [-0.2, 0) is 22.4 Å². The van der Waals surface area contributed by atoms with Crippen LogP contribution in [0.25, 0.3) is 0 Å². The van der Waals surface area contributed by atoms with E-state index in [1.54, 1.807) is 13.8 Å². The van der Waals surface area contributed by atoms with Gasteiger partial charge >= 0.3 is 0 Å². The molecule has 1 aliphatic heterocycles. The molecule has 33 heavy (non-hydrogen) atoms. The number of para-hydroxylation sites is 1. The number of aromatic amines is 1. The number of hydrogen-bond donors (Lipinski definition) is 2. The van der Waals surface area contributed by atoms with Crippen molar-refractivity contribution in [3.8, 4) is 6.07 Å². The van der Waals surface area contributed by atoms with Gasteiger partial charge in [-0.3, -0.25) is 19.3 Å². The molecule has 174 valence electrons. The monoisotopic (exact) mass is 449 g/mol. The summed E-state index contributed by atoms with van der Waals surface area (Å²) in [6, 6.07) is 9.75. The Morgan fingerprint density at radius 3 is 2.52 bits per heavy atom. The van der Waals surface area contributed by atoms with Crippen LogP contribution in [0.15, 0.2) is 29.1 Å². The van der Waals surface area contributed by atoms with Crippen molar-refractivity contribution in [2.45, 2.75) is 40.0 Å². The molecule has 0 aliphatic carbocycles. The highest BCUT2D eigenvalue weighted by Gasteiger charge is 2.23. The molecule has 1 saturated heterocycles. The molecule has 1 aliphatic rings. The summed E-state index contributed by atoms with van der Waals surface area (Å²) in [4.78, 5) is 43.7. The average Bonchev–Trinajstić information content (AvgIpc) is 2.79. The lowest BCUT2D eigenvalue weighted by Crippen LogP contribution is -2.50. The van der Waals surface area contributed by atoms with Crippen molar-refractivity contribution >= 4 is 17.5 Å². The fourth-order valence-corrected chi connectivity index (χ4v) is 4.31. The van der Waals surface area contributed by atoms with Gasteiger partial charge in [0.1, 0.15) is 11.6 Å². The summed E-state index contributed by atoms with van der Waals surface area (Å²) in [5, 5.41) is 12.2. The third-order valence-corrected chi connectivity index (χ3v) is 6.27. The first kappa shape index (κ1) is 24.2.